The van der Waals surface area contributed by atoms with E-state index in [2.05, 4.69) is 9.47 Å². The van der Waals surface area contributed by atoms with Crippen molar-refractivity contribution >= 4 is 0 Å². The summed E-state index contributed by atoms with van der Waals surface area (Å²) < 4.78 is 9.35. The molecule has 0 aliphatic carbocycles. The maximum absolute atomic E-state index is 8.75. The van der Waals surface area contributed by atoms with Gasteiger partial charge in [0.2, 0.25) is 0 Å². The van der Waals surface area contributed by atoms with Crippen molar-refractivity contribution in [3.8, 4) is 0 Å². The molecular weight excluding hydrogens is 96.0 g/mol. The predicted molar refractivity (Wildman–Crippen MR) is 22.5 cm³/mol. The van der Waals surface area contributed by atoms with Gasteiger partial charge >= 0.3 is 0 Å². The van der Waals surface area contributed by atoms with Crippen molar-refractivity contribution in [2.75, 3.05) is 13.2 Å². The summed E-state index contributed by atoms with van der Waals surface area (Å²) in [5, 5.41) is 8.75. The van der Waals surface area contributed by atoms with Gasteiger partial charge in [-0.15, -0.1) is 0 Å². The van der Waals surface area contributed by atoms with Gasteiger partial charge in [-0.2, -0.15) is 0 Å². The maximum Gasteiger partial charge on any atom is 0.277 e. The fraction of sp³-hybridized carbons (Fsp3) is 1.00. The lowest BCUT2D eigenvalue weighted by atomic mass is 10.7. The van der Waals surface area contributed by atoms with Crippen LogP contribution in [0.2, 0.25) is 0 Å². The van der Waals surface area contributed by atoms with Crippen LogP contribution >= 0.6 is 0 Å². The molecule has 0 unspecified atom stereocenters. The Kier molecular flexibility index (Phi) is 1.03. The van der Waals surface area contributed by atoms with E-state index in [1.165, 1.54) is 6.92 Å². The summed E-state index contributed by atoms with van der Waals surface area (Å²) in [6.07, 6.45) is 0. The second-order valence-electron chi connectivity index (χ2n) is 1.59. The molecule has 1 aliphatic rings. The van der Waals surface area contributed by atoms with Crippen molar-refractivity contribution in [1.82, 2.24) is 0 Å². The predicted octanol–water partition coefficient (Wildman–Crippen LogP) is -0.301. The highest BCUT2D eigenvalue weighted by Gasteiger charge is 2.26. The minimum absolute atomic E-state index is 0.493. The first-order chi connectivity index (χ1) is 3.21. The minimum atomic E-state index is -1.31. The van der Waals surface area contributed by atoms with Gasteiger partial charge in [-0.3, -0.25) is 0 Å². The second-order valence-corrected chi connectivity index (χ2v) is 1.59. The third kappa shape index (κ3) is 1.12. The lowest BCUT2D eigenvalue weighted by Crippen LogP contribution is -2.23. The molecule has 7 heavy (non-hydrogen) atoms. The molecule has 0 radical (unpaired) electrons. The van der Waals surface area contributed by atoms with Gasteiger partial charge < -0.3 is 14.6 Å². The number of rotatable bonds is 0. The molecule has 0 saturated carbocycles. The third-order valence-corrected chi connectivity index (χ3v) is 0.823. The monoisotopic (exact) mass is 104 g/mol. The Morgan fingerprint density at radius 1 is 1.43 bits per heavy atom. The molecule has 1 aliphatic heterocycles. The van der Waals surface area contributed by atoms with E-state index in [0.29, 0.717) is 13.2 Å². The number of hydrogen-bond acceptors (Lipinski definition) is 3. The number of hydrogen-bond donors (Lipinski definition) is 1. The summed E-state index contributed by atoms with van der Waals surface area (Å²) in [5.41, 5.74) is 0. The van der Waals surface area contributed by atoms with Gasteiger partial charge in [-0.1, -0.05) is 0 Å². The van der Waals surface area contributed by atoms with Gasteiger partial charge in [0.1, 0.15) is 0 Å². The molecule has 0 amide bonds. The Morgan fingerprint density at radius 2 is 1.86 bits per heavy atom. The first-order valence-electron chi connectivity index (χ1n) is 2.21. The van der Waals surface area contributed by atoms with Crippen LogP contribution in [0, 0.1) is 0 Å². The molecule has 1 heterocycles. The zero-order valence-electron chi connectivity index (χ0n) is 4.18. The highest BCUT2D eigenvalue weighted by molar-refractivity contribution is 4.49. The Labute approximate surface area is 41.8 Å². The zero-order valence-corrected chi connectivity index (χ0v) is 4.18. The van der Waals surface area contributed by atoms with Crippen molar-refractivity contribution in [1.29, 1.82) is 0 Å². The summed E-state index contributed by atoms with van der Waals surface area (Å²) in [5.74, 6) is -1.31. The van der Waals surface area contributed by atoms with Gasteiger partial charge in [0.05, 0.1) is 13.2 Å². The largest absolute Gasteiger partial charge is 0.344 e. The topological polar surface area (TPSA) is 38.7 Å². The molecule has 0 bridgehead atoms. The number of aliphatic hydroxyl groups is 1. The molecule has 1 saturated heterocycles. The first kappa shape index (κ1) is 5.03. The SMILES string of the molecule is CC1(O)OCCO1. The quantitative estimate of drug-likeness (QED) is 0.458. The van der Waals surface area contributed by atoms with Crippen LogP contribution in [0.5, 0.6) is 0 Å². The van der Waals surface area contributed by atoms with E-state index < -0.39 is 5.97 Å². The van der Waals surface area contributed by atoms with E-state index in [0.717, 1.165) is 0 Å². The fourth-order valence-electron chi connectivity index (χ4n) is 0.504. The van der Waals surface area contributed by atoms with Crippen LogP contribution in [0.15, 0.2) is 0 Å². The highest BCUT2D eigenvalue weighted by Crippen LogP contribution is 2.12. The molecule has 1 rings (SSSR count). The van der Waals surface area contributed by atoms with Gasteiger partial charge in [-0.05, 0) is 0 Å². The smallest absolute Gasteiger partial charge is 0.277 e. The molecule has 0 aromatic carbocycles. The molecule has 0 atom stereocenters. The number of ether oxygens (including phenoxy) is 2. The average molecular weight is 104 g/mol. The molecule has 0 spiro atoms. The second kappa shape index (κ2) is 1.43. The minimum Gasteiger partial charge on any atom is -0.344 e. The fourth-order valence-corrected chi connectivity index (χ4v) is 0.504. The Morgan fingerprint density at radius 3 is 2.00 bits per heavy atom. The van der Waals surface area contributed by atoms with Crippen LogP contribution < -0.4 is 0 Å². The first-order valence-corrected chi connectivity index (χ1v) is 2.21. The lowest BCUT2D eigenvalue weighted by molar-refractivity contribution is -0.291. The Hall–Kier alpha value is -0.120. The van der Waals surface area contributed by atoms with Crippen molar-refractivity contribution < 1.29 is 14.6 Å². The van der Waals surface area contributed by atoms with Crippen molar-refractivity contribution in [3.05, 3.63) is 0 Å². The third-order valence-electron chi connectivity index (χ3n) is 0.823. The van der Waals surface area contributed by atoms with Crippen LogP contribution in [-0.2, 0) is 9.47 Å². The Bertz CT molecular complexity index is 61.3. The van der Waals surface area contributed by atoms with Gasteiger partial charge in [-0.25, -0.2) is 0 Å². The average Bonchev–Trinajstić information content (AvgIpc) is 1.84. The standard InChI is InChI=1S/C4H8O3/c1-4(5)6-2-3-7-4/h5H,2-3H2,1H3. The molecule has 0 aromatic heterocycles. The summed E-state index contributed by atoms with van der Waals surface area (Å²) in [4.78, 5) is 0. The van der Waals surface area contributed by atoms with E-state index in [4.69, 9.17) is 5.11 Å². The van der Waals surface area contributed by atoms with E-state index in [1.54, 1.807) is 0 Å². The zero-order chi connectivity index (χ0) is 5.33. The molecule has 1 fully saturated rings. The van der Waals surface area contributed by atoms with Crippen molar-refractivity contribution in [2.24, 2.45) is 0 Å². The van der Waals surface area contributed by atoms with E-state index in [-0.39, 0.29) is 0 Å². The maximum atomic E-state index is 8.75. The van der Waals surface area contributed by atoms with Crippen LogP contribution in [-0.4, -0.2) is 24.3 Å². The summed E-state index contributed by atoms with van der Waals surface area (Å²) >= 11 is 0. The normalized spacial score (nSPS) is 28.3. The van der Waals surface area contributed by atoms with Crippen LogP contribution in [0.1, 0.15) is 6.92 Å². The summed E-state index contributed by atoms with van der Waals surface area (Å²) in [6, 6.07) is 0. The van der Waals surface area contributed by atoms with Gasteiger partial charge in [0.15, 0.2) is 0 Å². The van der Waals surface area contributed by atoms with E-state index >= 15 is 0 Å². The highest BCUT2D eigenvalue weighted by atomic mass is 16.8. The van der Waals surface area contributed by atoms with Crippen molar-refractivity contribution in [2.45, 2.75) is 12.9 Å². The summed E-state index contributed by atoms with van der Waals surface area (Å²) in [7, 11) is 0. The molecule has 0 aromatic rings. The molecule has 1 N–H and O–H groups in total. The van der Waals surface area contributed by atoms with Crippen LogP contribution in [0.3, 0.4) is 0 Å². The Balaban J connectivity index is 2.40. The molecule has 3 heteroatoms. The summed E-state index contributed by atoms with van der Waals surface area (Å²) in [6.45, 7) is 2.46. The van der Waals surface area contributed by atoms with E-state index in [1.807, 2.05) is 0 Å². The van der Waals surface area contributed by atoms with Crippen LogP contribution in [0.4, 0.5) is 0 Å². The molecular formula is C4H8O3. The van der Waals surface area contributed by atoms with Gasteiger partial charge in [0, 0.05) is 6.92 Å². The van der Waals surface area contributed by atoms with Gasteiger partial charge in [0.25, 0.3) is 5.97 Å². The van der Waals surface area contributed by atoms with E-state index in [9.17, 15) is 0 Å². The molecule has 3 nitrogen and oxygen atoms in total. The molecule has 42 valence electrons. The van der Waals surface area contributed by atoms with Crippen LogP contribution in [0.25, 0.3) is 0 Å². The van der Waals surface area contributed by atoms with Crippen molar-refractivity contribution in [3.63, 3.8) is 0 Å². The lowest BCUT2D eigenvalue weighted by Gasteiger charge is -2.11.